The van der Waals surface area contributed by atoms with Crippen LogP contribution in [0, 0.1) is 0 Å². The first kappa shape index (κ1) is 13.7. The van der Waals surface area contributed by atoms with Gasteiger partial charge in [0, 0.05) is 12.6 Å². The molecule has 0 amide bonds. The van der Waals surface area contributed by atoms with Crippen molar-refractivity contribution in [3.8, 4) is 0 Å². The van der Waals surface area contributed by atoms with E-state index in [1.165, 1.54) is 0 Å². The molecule has 0 aliphatic heterocycles. The summed E-state index contributed by atoms with van der Waals surface area (Å²) in [5, 5.41) is 3.05. The fourth-order valence-corrected chi connectivity index (χ4v) is 0.780. The zero-order valence-corrected chi connectivity index (χ0v) is 8.82. The smallest absolute Gasteiger partial charge is 0.368 e. The summed E-state index contributed by atoms with van der Waals surface area (Å²) in [6.45, 7) is 5.55. The molecule has 0 heterocycles. The number of alkyl halides is 3. The second-order valence-electron chi connectivity index (χ2n) is 3.32. The summed E-state index contributed by atoms with van der Waals surface area (Å²) in [5.74, 6) is 0. The number of rotatable bonds is 6. The first-order chi connectivity index (χ1) is 6.38. The number of nitrogens with one attached hydrogen (secondary N) is 1. The molecule has 0 aliphatic carbocycles. The van der Waals surface area contributed by atoms with E-state index < -0.39 is 12.3 Å². The van der Waals surface area contributed by atoms with Crippen molar-refractivity contribution >= 4 is 0 Å². The van der Waals surface area contributed by atoms with Gasteiger partial charge < -0.3 is 10.1 Å². The van der Waals surface area contributed by atoms with Gasteiger partial charge in [-0.2, -0.15) is 13.2 Å². The van der Waals surface area contributed by atoms with Crippen LogP contribution in [0.5, 0.6) is 0 Å². The maximum atomic E-state index is 12.0. The molecule has 0 radical (unpaired) electrons. The average molecular weight is 213 g/mol. The summed E-state index contributed by atoms with van der Waals surface area (Å²) in [7, 11) is 0. The Labute approximate surface area is 82.8 Å². The van der Waals surface area contributed by atoms with Crippen molar-refractivity contribution < 1.29 is 17.9 Å². The van der Waals surface area contributed by atoms with Gasteiger partial charge in [0.05, 0.1) is 6.61 Å². The molecule has 0 rings (SSSR count). The standard InChI is InChI=1S/C9H18F3NO/c1-4-7(2)13-5-6-14-8(3)9(10,11)12/h7-8,13H,4-6H2,1-3H3. The lowest BCUT2D eigenvalue weighted by Gasteiger charge is -2.17. The van der Waals surface area contributed by atoms with E-state index in [0.29, 0.717) is 12.6 Å². The van der Waals surface area contributed by atoms with Gasteiger partial charge in [0.25, 0.3) is 0 Å². The van der Waals surface area contributed by atoms with Crippen molar-refractivity contribution in [1.29, 1.82) is 0 Å². The van der Waals surface area contributed by atoms with E-state index >= 15 is 0 Å². The zero-order valence-electron chi connectivity index (χ0n) is 8.82. The van der Waals surface area contributed by atoms with Gasteiger partial charge in [-0.05, 0) is 20.3 Å². The summed E-state index contributed by atoms with van der Waals surface area (Å²) in [6.07, 6.45) is -4.98. The van der Waals surface area contributed by atoms with Crippen LogP contribution < -0.4 is 5.32 Å². The number of hydrogen-bond donors (Lipinski definition) is 1. The van der Waals surface area contributed by atoms with Crippen molar-refractivity contribution in [1.82, 2.24) is 5.32 Å². The van der Waals surface area contributed by atoms with Gasteiger partial charge in [0.1, 0.15) is 0 Å². The predicted octanol–water partition coefficient (Wildman–Crippen LogP) is 2.34. The van der Waals surface area contributed by atoms with E-state index in [9.17, 15) is 13.2 Å². The molecule has 5 heteroatoms. The molecule has 0 aliphatic rings. The van der Waals surface area contributed by atoms with Crippen molar-refractivity contribution in [2.75, 3.05) is 13.2 Å². The Kier molecular flexibility index (Phi) is 6.11. The highest BCUT2D eigenvalue weighted by Gasteiger charge is 2.36. The molecule has 2 unspecified atom stereocenters. The summed E-state index contributed by atoms with van der Waals surface area (Å²) in [5.41, 5.74) is 0. The van der Waals surface area contributed by atoms with E-state index in [4.69, 9.17) is 0 Å². The van der Waals surface area contributed by atoms with Crippen LogP contribution in [-0.2, 0) is 4.74 Å². The number of halogens is 3. The maximum Gasteiger partial charge on any atom is 0.414 e. The molecule has 2 atom stereocenters. The monoisotopic (exact) mass is 213 g/mol. The van der Waals surface area contributed by atoms with Crippen LogP contribution in [0.15, 0.2) is 0 Å². The van der Waals surface area contributed by atoms with Crippen LogP contribution in [0.3, 0.4) is 0 Å². The van der Waals surface area contributed by atoms with E-state index in [2.05, 4.69) is 10.1 Å². The van der Waals surface area contributed by atoms with Gasteiger partial charge in [-0.1, -0.05) is 6.92 Å². The Morgan fingerprint density at radius 3 is 2.29 bits per heavy atom. The summed E-state index contributed by atoms with van der Waals surface area (Å²) in [6, 6.07) is 0.319. The minimum atomic E-state index is -4.25. The Morgan fingerprint density at radius 1 is 1.29 bits per heavy atom. The van der Waals surface area contributed by atoms with Crippen molar-refractivity contribution in [2.45, 2.75) is 45.5 Å². The lowest BCUT2D eigenvalue weighted by molar-refractivity contribution is -0.213. The third kappa shape index (κ3) is 6.21. The Bertz CT molecular complexity index is 149. The number of hydrogen-bond acceptors (Lipinski definition) is 2. The molecule has 0 saturated carbocycles. The van der Waals surface area contributed by atoms with Crippen molar-refractivity contribution in [3.05, 3.63) is 0 Å². The third-order valence-electron chi connectivity index (χ3n) is 2.04. The predicted molar refractivity (Wildman–Crippen MR) is 49.2 cm³/mol. The van der Waals surface area contributed by atoms with Crippen LogP contribution in [-0.4, -0.2) is 31.5 Å². The second kappa shape index (κ2) is 6.24. The first-order valence-corrected chi connectivity index (χ1v) is 4.79. The molecule has 0 bridgehead atoms. The van der Waals surface area contributed by atoms with Crippen molar-refractivity contribution in [2.24, 2.45) is 0 Å². The quantitative estimate of drug-likeness (QED) is 0.684. The average Bonchev–Trinajstić information content (AvgIpc) is 2.09. The maximum absolute atomic E-state index is 12.0. The van der Waals surface area contributed by atoms with Gasteiger partial charge in [-0.3, -0.25) is 0 Å². The SMILES string of the molecule is CCC(C)NCCOC(C)C(F)(F)F. The lowest BCUT2D eigenvalue weighted by atomic mass is 10.3. The highest BCUT2D eigenvalue weighted by atomic mass is 19.4. The van der Waals surface area contributed by atoms with Gasteiger partial charge in [-0.15, -0.1) is 0 Å². The Morgan fingerprint density at radius 2 is 1.86 bits per heavy atom. The summed E-state index contributed by atoms with van der Waals surface area (Å²) in [4.78, 5) is 0. The molecule has 0 aromatic heterocycles. The number of ether oxygens (including phenoxy) is 1. The molecular formula is C9H18F3NO. The minimum absolute atomic E-state index is 0.0883. The van der Waals surface area contributed by atoms with E-state index in [0.717, 1.165) is 13.3 Å². The van der Waals surface area contributed by atoms with E-state index in [1.807, 2.05) is 13.8 Å². The molecule has 86 valence electrons. The molecular weight excluding hydrogens is 195 g/mol. The molecule has 0 saturated heterocycles. The Balaban J connectivity index is 3.46. The second-order valence-corrected chi connectivity index (χ2v) is 3.32. The lowest BCUT2D eigenvalue weighted by Crippen LogP contribution is -2.33. The summed E-state index contributed by atoms with van der Waals surface area (Å²) >= 11 is 0. The molecule has 1 N–H and O–H groups in total. The topological polar surface area (TPSA) is 21.3 Å². The fraction of sp³-hybridized carbons (Fsp3) is 1.00. The molecule has 2 nitrogen and oxygen atoms in total. The molecule has 0 aromatic rings. The molecule has 0 aromatic carbocycles. The van der Waals surface area contributed by atoms with Crippen LogP contribution in [0.4, 0.5) is 13.2 Å². The van der Waals surface area contributed by atoms with Crippen LogP contribution in [0.1, 0.15) is 27.2 Å². The van der Waals surface area contributed by atoms with Gasteiger partial charge >= 0.3 is 6.18 Å². The van der Waals surface area contributed by atoms with E-state index in [-0.39, 0.29) is 6.61 Å². The molecule has 14 heavy (non-hydrogen) atoms. The largest absolute Gasteiger partial charge is 0.414 e. The summed E-state index contributed by atoms with van der Waals surface area (Å²) < 4.78 is 40.5. The molecule has 0 fully saturated rings. The van der Waals surface area contributed by atoms with Gasteiger partial charge in [0.15, 0.2) is 6.10 Å². The van der Waals surface area contributed by atoms with Gasteiger partial charge in [-0.25, -0.2) is 0 Å². The van der Waals surface area contributed by atoms with Crippen LogP contribution >= 0.6 is 0 Å². The highest BCUT2D eigenvalue weighted by molar-refractivity contribution is 4.62. The normalized spacial score (nSPS) is 16.7. The van der Waals surface area contributed by atoms with Crippen LogP contribution in [0.2, 0.25) is 0 Å². The minimum Gasteiger partial charge on any atom is -0.368 e. The third-order valence-corrected chi connectivity index (χ3v) is 2.04. The fourth-order valence-electron chi connectivity index (χ4n) is 0.780. The van der Waals surface area contributed by atoms with E-state index in [1.54, 1.807) is 0 Å². The van der Waals surface area contributed by atoms with Gasteiger partial charge in [0.2, 0.25) is 0 Å². The Hall–Kier alpha value is -0.290. The highest BCUT2D eigenvalue weighted by Crippen LogP contribution is 2.21. The van der Waals surface area contributed by atoms with Crippen LogP contribution in [0.25, 0.3) is 0 Å². The first-order valence-electron chi connectivity index (χ1n) is 4.79. The van der Waals surface area contributed by atoms with Crippen molar-refractivity contribution in [3.63, 3.8) is 0 Å². The molecule has 0 spiro atoms. The zero-order chi connectivity index (χ0) is 11.2.